The van der Waals surface area contributed by atoms with Crippen LogP contribution in [-0.2, 0) is 12.3 Å². The Morgan fingerprint density at radius 2 is 1.81 bits per heavy atom. The fourth-order valence-corrected chi connectivity index (χ4v) is 3.55. The monoisotopic (exact) mass is 367 g/mol. The number of allylic oxidation sites excluding steroid dienone is 1. The van der Waals surface area contributed by atoms with E-state index in [1.54, 1.807) is 26.0 Å². The zero-order valence-electron chi connectivity index (χ0n) is 14.9. The summed E-state index contributed by atoms with van der Waals surface area (Å²) in [6.45, 7) is 4.50. The van der Waals surface area contributed by atoms with Crippen molar-refractivity contribution in [2.45, 2.75) is 17.5 Å². The van der Waals surface area contributed by atoms with Gasteiger partial charge in [0.15, 0.2) is 11.0 Å². The lowest BCUT2D eigenvalue weighted by Gasteiger charge is -2.10. The topological polar surface area (TPSA) is 49.2 Å². The number of methoxy groups -OCH3 is 2. The van der Waals surface area contributed by atoms with E-state index in [-0.39, 0.29) is 0 Å². The molecule has 0 aliphatic rings. The maximum Gasteiger partial charge on any atom is 0.192 e. The van der Waals surface area contributed by atoms with E-state index in [0.29, 0.717) is 6.54 Å². The minimum Gasteiger partial charge on any atom is -0.497 e. The molecule has 1 heterocycles. The van der Waals surface area contributed by atoms with E-state index in [1.807, 2.05) is 48.5 Å². The van der Waals surface area contributed by atoms with Crippen LogP contribution < -0.4 is 9.47 Å². The molecule has 0 radical (unpaired) electrons. The van der Waals surface area contributed by atoms with Gasteiger partial charge in [-0.1, -0.05) is 36.0 Å². The van der Waals surface area contributed by atoms with Crippen LogP contribution in [0.4, 0.5) is 0 Å². The molecule has 0 atom stereocenters. The Labute approximate surface area is 157 Å². The van der Waals surface area contributed by atoms with Gasteiger partial charge in [0.1, 0.15) is 11.5 Å². The molecule has 2 aromatic carbocycles. The van der Waals surface area contributed by atoms with Crippen molar-refractivity contribution in [2.24, 2.45) is 0 Å². The van der Waals surface area contributed by atoms with Crippen molar-refractivity contribution in [1.29, 1.82) is 0 Å². The van der Waals surface area contributed by atoms with Crippen LogP contribution in [0.2, 0.25) is 0 Å². The lowest BCUT2D eigenvalue weighted by Crippen LogP contribution is -2.01. The van der Waals surface area contributed by atoms with E-state index in [1.165, 1.54) is 0 Å². The van der Waals surface area contributed by atoms with Crippen molar-refractivity contribution < 1.29 is 9.47 Å². The first kappa shape index (κ1) is 18.1. The highest BCUT2D eigenvalue weighted by atomic mass is 32.2. The predicted molar refractivity (Wildman–Crippen MR) is 105 cm³/mol. The van der Waals surface area contributed by atoms with Gasteiger partial charge in [0.05, 0.1) is 14.2 Å². The number of thioether (sulfide) groups is 1. The predicted octanol–water partition coefficient (Wildman–Crippen LogP) is 4.44. The second kappa shape index (κ2) is 8.58. The number of hydrogen-bond acceptors (Lipinski definition) is 5. The molecule has 6 heteroatoms. The van der Waals surface area contributed by atoms with E-state index >= 15 is 0 Å². The van der Waals surface area contributed by atoms with Crippen LogP contribution >= 0.6 is 11.8 Å². The molecule has 3 aromatic rings. The summed E-state index contributed by atoms with van der Waals surface area (Å²) >= 11 is 1.63. The van der Waals surface area contributed by atoms with Gasteiger partial charge >= 0.3 is 0 Å². The summed E-state index contributed by atoms with van der Waals surface area (Å²) in [4.78, 5) is 0. The van der Waals surface area contributed by atoms with E-state index < -0.39 is 0 Å². The smallest absolute Gasteiger partial charge is 0.192 e. The third kappa shape index (κ3) is 3.91. The van der Waals surface area contributed by atoms with Gasteiger partial charge in [0, 0.05) is 23.4 Å². The molecule has 0 amide bonds. The van der Waals surface area contributed by atoms with Crippen LogP contribution in [0.3, 0.4) is 0 Å². The van der Waals surface area contributed by atoms with E-state index in [9.17, 15) is 0 Å². The number of ether oxygens (including phenoxy) is 2. The van der Waals surface area contributed by atoms with Gasteiger partial charge in [-0.15, -0.1) is 16.8 Å². The lowest BCUT2D eigenvalue weighted by atomic mass is 10.2. The van der Waals surface area contributed by atoms with Crippen molar-refractivity contribution in [2.75, 3.05) is 14.2 Å². The maximum absolute atomic E-state index is 5.42. The Kier molecular flexibility index (Phi) is 5.96. The first-order valence-corrected chi connectivity index (χ1v) is 9.18. The summed E-state index contributed by atoms with van der Waals surface area (Å²) in [7, 11) is 3.34. The zero-order valence-corrected chi connectivity index (χ0v) is 15.7. The van der Waals surface area contributed by atoms with Crippen LogP contribution in [0.5, 0.6) is 11.5 Å². The molecule has 0 saturated heterocycles. The summed E-state index contributed by atoms with van der Waals surface area (Å²) in [5.41, 5.74) is 2.11. The Hall–Kier alpha value is -2.73. The molecule has 0 aliphatic carbocycles. The Morgan fingerprint density at radius 3 is 2.50 bits per heavy atom. The second-order valence-corrected chi connectivity index (χ2v) is 6.48. The third-order valence-electron chi connectivity index (χ3n) is 3.93. The lowest BCUT2D eigenvalue weighted by molar-refractivity contribution is 0.411. The second-order valence-electron chi connectivity index (χ2n) is 5.53. The number of nitrogens with zero attached hydrogens (tertiary/aromatic N) is 3. The number of aromatic nitrogens is 3. The van der Waals surface area contributed by atoms with Crippen LogP contribution in [0.1, 0.15) is 5.56 Å². The Bertz CT molecular complexity index is 875. The van der Waals surface area contributed by atoms with Crippen molar-refractivity contribution in [3.63, 3.8) is 0 Å². The number of rotatable bonds is 8. The molecule has 3 rings (SSSR count). The summed E-state index contributed by atoms with van der Waals surface area (Å²) in [6, 6.07) is 15.8. The SMILES string of the molecule is C=CCn1c(SCc2ccccc2OC)nnc1-c1ccc(OC)cc1. The molecule has 0 unspecified atom stereocenters. The fourth-order valence-electron chi connectivity index (χ4n) is 2.61. The van der Waals surface area contributed by atoms with E-state index in [2.05, 4.69) is 27.4 Å². The summed E-state index contributed by atoms with van der Waals surface area (Å²) in [6.07, 6.45) is 1.85. The van der Waals surface area contributed by atoms with Crippen molar-refractivity contribution in [3.05, 3.63) is 66.7 Å². The number of para-hydroxylation sites is 1. The molecule has 0 aliphatic heterocycles. The van der Waals surface area contributed by atoms with Crippen LogP contribution in [0.25, 0.3) is 11.4 Å². The highest BCUT2D eigenvalue weighted by molar-refractivity contribution is 7.98. The minimum atomic E-state index is 0.641. The van der Waals surface area contributed by atoms with Crippen molar-refractivity contribution >= 4 is 11.8 Å². The fraction of sp³-hybridized carbons (Fsp3) is 0.200. The van der Waals surface area contributed by atoms with Gasteiger partial charge in [-0.05, 0) is 30.3 Å². The summed E-state index contributed by atoms with van der Waals surface area (Å²) < 4.78 is 12.7. The first-order valence-electron chi connectivity index (χ1n) is 8.20. The standard InChI is InChI=1S/C20H21N3O2S/c1-4-13-23-19(15-9-11-17(24-2)12-10-15)21-22-20(23)26-14-16-7-5-6-8-18(16)25-3/h4-12H,1,13-14H2,2-3H3. The molecule has 0 fully saturated rings. The minimum absolute atomic E-state index is 0.641. The number of benzene rings is 2. The zero-order chi connectivity index (χ0) is 18.4. The van der Waals surface area contributed by atoms with Gasteiger partial charge in [-0.3, -0.25) is 4.57 Å². The molecular formula is C20H21N3O2S. The van der Waals surface area contributed by atoms with Crippen molar-refractivity contribution in [3.8, 4) is 22.9 Å². The first-order chi connectivity index (χ1) is 12.8. The Morgan fingerprint density at radius 1 is 1.04 bits per heavy atom. The van der Waals surface area contributed by atoms with Gasteiger partial charge in [-0.2, -0.15) is 0 Å². The molecular weight excluding hydrogens is 346 g/mol. The molecule has 1 aromatic heterocycles. The summed E-state index contributed by atoms with van der Waals surface area (Å²) in [5, 5.41) is 9.62. The molecule has 0 bridgehead atoms. The van der Waals surface area contributed by atoms with Crippen LogP contribution in [0.15, 0.2) is 66.3 Å². The van der Waals surface area contributed by atoms with E-state index in [0.717, 1.165) is 39.4 Å². The molecule has 134 valence electrons. The maximum atomic E-state index is 5.42. The molecule has 5 nitrogen and oxygen atoms in total. The number of hydrogen-bond donors (Lipinski definition) is 0. The molecule has 26 heavy (non-hydrogen) atoms. The van der Waals surface area contributed by atoms with Gasteiger partial charge < -0.3 is 9.47 Å². The van der Waals surface area contributed by atoms with Gasteiger partial charge in [0.2, 0.25) is 0 Å². The highest BCUT2D eigenvalue weighted by Gasteiger charge is 2.14. The van der Waals surface area contributed by atoms with Crippen molar-refractivity contribution in [1.82, 2.24) is 14.8 Å². The normalized spacial score (nSPS) is 10.5. The highest BCUT2D eigenvalue weighted by Crippen LogP contribution is 2.30. The third-order valence-corrected chi connectivity index (χ3v) is 4.94. The largest absolute Gasteiger partial charge is 0.497 e. The summed E-state index contributed by atoms with van der Waals surface area (Å²) in [5.74, 6) is 3.26. The average Bonchev–Trinajstić information content (AvgIpc) is 3.09. The average molecular weight is 367 g/mol. The molecule has 0 saturated carbocycles. The van der Waals surface area contributed by atoms with Gasteiger partial charge in [0.25, 0.3) is 0 Å². The quantitative estimate of drug-likeness (QED) is 0.435. The molecule has 0 spiro atoms. The van der Waals surface area contributed by atoms with Crippen LogP contribution in [-0.4, -0.2) is 29.0 Å². The van der Waals surface area contributed by atoms with Crippen LogP contribution in [0, 0.1) is 0 Å². The van der Waals surface area contributed by atoms with E-state index in [4.69, 9.17) is 9.47 Å². The Balaban J connectivity index is 1.85. The van der Waals surface area contributed by atoms with Gasteiger partial charge in [-0.25, -0.2) is 0 Å². The molecule has 0 N–H and O–H groups in total.